The van der Waals surface area contributed by atoms with Gasteiger partial charge in [0.15, 0.2) is 0 Å². The van der Waals surface area contributed by atoms with Crippen LogP contribution in [-0.2, 0) is 14.9 Å². The molecule has 5 aliphatic heterocycles. The third-order valence-corrected chi connectivity index (χ3v) is 8.99. The van der Waals surface area contributed by atoms with Crippen LogP contribution in [0.15, 0.2) is 35.9 Å². The SMILES string of the molecule is C[N+]12C(=O)CC3OCC=C4CN5CC[C@]6(c7ccccc71)C2C3[C@H]4C[C@H]56. The number of carbonyl (C=O) groups is 1. The van der Waals surface area contributed by atoms with Gasteiger partial charge in [0.1, 0.15) is 11.7 Å². The molecule has 0 radical (unpaired) electrons. The van der Waals surface area contributed by atoms with Crippen molar-refractivity contribution in [3.8, 4) is 0 Å². The Labute approximate surface area is 154 Å². The van der Waals surface area contributed by atoms with Crippen molar-refractivity contribution < 1.29 is 9.53 Å². The molecule has 4 unspecified atom stereocenters. The third kappa shape index (κ3) is 1.30. The number of carbonyl (C=O) groups excluding carboxylic acids is 1. The summed E-state index contributed by atoms with van der Waals surface area (Å²) in [5.74, 6) is 1.46. The van der Waals surface area contributed by atoms with Gasteiger partial charge in [-0.05, 0) is 31.4 Å². The molecule has 26 heavy (non-hydrogen) atoms. The van der Waals surface area contributed by atoms with Gasteiger partial charge in [-0.2, -0.15) is 0 Å². The van der Waals surface area contributed by atoms with Gasteiger partial charge >= 0.3 is 5.91 Å². The van der Waals surface area contributed by atoms with Crippen molar-refractivity contribution in [3.05, 3.63) is 41.5 Å². The van der Waals surface area contributed by atoms with Crippen LogP contribution in [0, 0.1) is 11.8 Å². The number of piperidine rings is 2. The minimum absolute atomic E-state index is 0.108. The molecule has 0 aromatic heterocycles. The van der Waals surface area contributed by atoms with E-state index < -0.39 is 0 Å². The first kappa shape index (κ1) is 14.6. The number of para-hydroxylation sites is 1. The van der Waals surface area contributed by atoms with E-state index in [4.69, 9.17) is 4.74 Å². The molecule has 1 aromatic rings. The molecule has 1 aliphatic carbocycles. The molecule has 4 fully saturated rings. The number of nitrogens with zero attached hydrogens (tertiary/aromatic N) is 2. The molecule has 7 rings (SSSR count). The standard InChI is InChI=1S/C22H25N2O2/c1-24-16-5-3-2-4-15(16)22-7-8-23-12-13-6-9-26-17(11-19(24)25)20(21(22)24)14(13)10-18(22)23/h2-6,14,17-18,20-21H,7-12H2,1H3/q+1/t14-,17?,18-,20?,21?,22+,24?/m0/s1. The number of hydrogen-bond donors (Lipinski definition) is 0. The normalized spacial score (nSPS) is 50.3. The van der Waals surface area contributed by atoms with Gasteiger partial charge in [-0.1, -0.05) is 29.8 Å². The van der Waals surface area contributed by atoms with Gasteiger partial charge < -0.3 is 4.74 Å². The molecule has 5 heterocycles. The van der Waals surface area contributed by atoms with Crippen molar-refractivity contribution in [1.82, 2.24) is 9.38 Å². The molecular formula is C22H25N2O2+. The van der Waals surface area contributed by atoms with Crippen molar-refractivity contribution in [3.63, 3.8) is 0 Å². The van der Waals surface area contributed by atoms with E-state index in [0.29, 0.717) is 47.3 Å². The highest BCUT2D eigenvalue weighted by molar-refractivity contribution is 5.94. The van der Waals surface area contributed by atoms with E-state index in [-0.39, 0.29) is 11.5 Å². The van der Waals surface area contributed by atoms with Crippen molar-refractivity contribution in [2.24, 2.45) is 11.8 Å². The lowest BCUT2D eigenvalue weighted by Gasteiger charge is -2.58. The summed E-state index contributed by atoms with van der Waals surface area (Å²) in [7, 11) is 2.22. The van der Waals surface area contributed by atoms with Gasteiger partial charge in [-0.25, -0.2) is 9.28 Å². The maximum atomic E-state index is 13.5. The van der Waals surface area contributed by atoms with Crippen LogP contribution in [0.5, 0.6) is 0 Å². The van der Waals surface area contributed by atoms with Crippen molar-refractivity contribution in [1.29, 1.82) is 0 Å². The molecule has 6 aliphatic rings. The topological polar surface area (TPSA) is 29.5 Å². The maximum absolute atomic E-state index is 13.5. The summed E-state index contributed by atoms with van der Waals surface area (Å²) in [6, 6.07) is 9.84. The number of benzene rings is 1. The number of likely N-dealkylation sites (N-methyl/N-ethyl adjacent to an activating group) is 1. The molecule has 1 saturated carbocycles. The summed E-state index contributed by atoms with van der Waals surface area (Å²) < 4.78 is 6.83. The molecule has 1 amide bonds. The predicted octanol–water partition coefficient (Wildman–Crippen LogP) is 2.22. The number of quaternary nitrogens is 1. The molecule has 0 N–H and O–H groups in total. The highest BCUT2D eigenvalue weighted by atomic mass is 16.5. The van der Waals surface area contributed by atoms with E-state index in [0.717, 1.165) is 6.54 Å². The van der Waals surface area contributed by atoms with Gasteiger partial charge in [0, 0.05) is 24.1 Å². The summed E-state index contributed by atoms with van der Waals surface area (Å²) in [6.07, 6.45) is 5.49. The zero-order chi connectivity index (χ0) is 17.3. The lowest BCUT2D eigenvalue weighted by Crippen LogP contribution is -2.75. The Bertz CT molecular complexity index is 894. The van der Waals surface area contributed by atoms with Crippen molar-refractivity contribution >= 4 is 11.6 Å². The van der Waals surface area contributed by atoms with Gasteiger partial charge in [-0.15, -0.1) is 0 Å². The second-order valence-electron chi connectivity index (χ2n) is 9.48. The van der Waals surface area contributed by atoms with Gasteiger partial charge in [0.25, 0.3) is 0 Å². The third-order valence-electron chi connectivity index (χ3n) is 8.99. The molecular weight excluding hydrogens is 324 g/mol. The Morgan fingerprint density at radius 3 is 3.12 bits per heavy atom. The number of ether oxygens (including phenoxy) is 1. The van der Waals surface area contributed by atoms with Gasteiger partial charge in [0.2, 0.25) is 0 Å². The summed E-state index contributed by atoms with van der Waals surface area (Å²) in [5.41, 5.74) is 4.50. The van der Waals surface area contributed by atoms with E-state index in [1.807, 2.05) is 0 Å². The van der Waals surface area contributed by atoms with E-state index >= 15 is 0 Å². The summed E-state index contributed by atoms with van der Waals surface area (Å²) in [6.45, 7) is 2.98. The summed E-state index contributed by atoms with van der Waals surface area (Å²) >= 11 is 0. The fraction of sp³-hybridized carbons (Fsp3) is 0.591. The lowest BCUT2D eigenvalue weighted by molar-refractivity contribution is -0.155. The average molecular weight is 349 g/mol. The summed E-state index contributed by atoms with van der Waals surface area (Å²) in [4.78, 5) is 16.3. The Kier molecular flexibility index (Phi) is 2.42. The Balaban J connectivity index is 1.58. The smallest absolute Gasteiger partial charge is 0.321 e. The molecule has 1 spiro atoms. The second kappa shape index (κ2) is 4.32. The van der Waals surface area contributed by atoms with Crippen LogP contribution in [0.4, 0.5) is 5.69 Å². The minimum atomic E-state index is 0.108. The van der Waals surface area contributed by atoms with Crippen LogP contribution in [0.2, 0.25) is 0 Å². The number of fused-ring (bicyclic) bond motifs is 2. The molecule has 4 heteroatoms. The maximum Gasteiger partial charge on any atom is 0.321 e. The van der Waals surface area contributed by atoms with Crippen LogP contribution < -0.4 is 4.48 Å². The minimum Gasteiger partial charge on any atom is -0.373 e. The lowest BCUT2D eigenvalue weighted by atomic mass is 9.53. The molecule has 4 nitrogen and oxygen atoms in total. The van der Waals surface area contributed by atoms with Crippen LogP contribution in [0.1, 0.15) is 24.8 Å². The molecule has 3 saturated heterocycles. The first-order chi connectivity index (χ1) is 12.7. The highest BCUT2D eigenvalue weighted by Gasteiger charge is 2.77. The van der Waals surface area contributed by atoms with Gasteiger partial charge in [-0.3, -0.25) is 4.90 Å². The Morgan fingerprint density at radius 2 is 2.19 bits per heavy atom. The van der Waals surface area contributed by atoms with E-state index in [1.165, 1.54) is 30.6 Å². The molecule has 134 valence electrons. The van der Waals surface area contributed by atoms with Gasteiger partial charge in [0.05, 0.1) is 31.6 Å². The molecule has 2 bridgehead atoms. The predicted molar refractivity (Wildman–Crippen MR) is 98.6 cm³/mol. The van der Waals surface area contributed by atoms with Crippen LogP contribution >= 0.6 is 0 Å². The van der Waals surface area contributed by atoms with Crippen molar-refractivity contribution in [2.75, 3.05) is 26.7 Å². The fourth-order valence-corrected chi connectivity index (χ4v) is 8.20. The van der Waals surface area contributed by atoms with Crippen LogP contribution in [-0.4, -0.2) is 55.7 Å². The highest BCUT2D eigenvalue weighted by Crippen LogP contribution is 2.67. The Hall–Kier alpha value is -1.49. The number of amides is 1. The quantitative estimate of drug-likeness (QED) is 0.531. The first-order valence-electron chi connectivity index (χ1n) is 10.2. The molecule has 1 aromatic carbocycles. The van der Waals surface area contributed by atoms with E-state index in [2.05, 4.69) is 42.3 Å². The largest absolute Gasteiger partial charge is 0.373 e. The zero-order valence-corrected chi connectivity index (χ0v) is 15.2. The number of rotatable bonds is 0. The van der Waals surface area contributed by atoms with E-state index in [1.54, 1.807) is 5.57 Å². The second-order valence-corrected chi connectivity index (χ2v) is 9.48. The van der Waals surface area contributed by atoms with Crippen LogP contribution in [0.25, 0.3) is 0 Å². The summed E-state index contributed by atoms with van der Waals surface area (Å²) in [5, 5.41) is 0. The number of hydrogen-bond acceptors (Lipinski definition) is 3. The zero-order valence-electron chi connectivity index (χ0n) is 15.2. The van der Waals surface area contributed by atoms with Crippen LogP contribution in [0.3, 0.4) is 0 Å². The van der Waals surface area contributed by atoms with E-state index in [9.17, 15) is 4.79 Å². The van der Waals surface area contributed by atoms with Crippen molar-refractivity contribution in [2.45, 2.75) is 42.9 Å². The average Bonchev–Trinajstić information content (AvgIpc) is 3.08. The fourth-order valence-electron chi connectivity index (χ4n) is 8.20. The first-order valence-corrected chi connectivity index (χ1v) is 10.2. The monoisotopic (exact) mass is 349 g/mol. The Morgan fingerprint density at radius 1 is 1.31 bits per heavy atom. The molecule has 7 atom stereocenters.